The van der Waals surface area contributed by atoms with Crippen molar-refractivity contribution in [3.8, 4) is 0 Å². The van der Waals surface area contributed by atoms with Crippen molar-refractivity contribution in [1.29, 1.82) is 0 Å². The van der Waals surface area contributed by atoms with Crippen molar-refractivity contribution in [2.75, 3.05) is 6.61 Å². The van der Waals surface area contributed by atoms with Crippen molar-refractivity contribution in [3.63, 3.8) is 0 Å². The molecule has 1 aromatic rings. The molecule has 14 heavy (non-hydrogen) atoms. The van der Waals surface area contributed by atoms with E-state index < -0.39 is 0 Å². The lowest BCUT2D eigenvalue weighted by atomic mass is 9.92. The SMILES string of the molecule is O[C@@H]1CC[C@H]1OCCc1ccccc1. The maximum absolute atomic E-state index is 9.28. The molecule has 0 bridgehead atoms. The molecule has 1 aliphatic carbocycles. The molecule has 0 amide bonds. The highest BCUT2D eigenvalue weighted by Gasteiger charge is 2.29. The molecule has 1 N–H and O–H groups in total. The van der Waals surface area contributed by atoms with Gasteiger partial charge in [-0.3, -0.25) is 0 Å². The first-order chi connectivity index (χ1) is 6.86. The number of aliphatic hydroxyl groups excluding tert-OH is 1. The molecule has 0 unspecified atom stereocenters. The van der Waals surface area contributed by atoms with Crippen LogP contribution in [0.4, 0.5) is 0 Å². The van der Waals surface area contributed by atoms with Gasteiger partial charge in [-0.15, -0.1) is 0 Å². The normalized spacial score (nSPS) is 25.8. The Hall–Kier alpha value is -0.860. The summed E-state index contributed by atoms with van der Waals surface area (Å²) in [6.45, 7) is 0.714. The van der Waals surface area contributed by atoms with E-state index in [2.05, 4.69) is 12.1 Å². The van der Waals surface area contributed by atoms with Crippen LogP contribution < -0.4 is 0 Å². The van der Waals surface area contributed by atoms with Crippen LogP contribution in [0.3, 0.4) is 0 Å². The average Bonchev–Trinajstić information content (AvgIpc) is 2.24. The van der Waals surface area contributed by atoms with E-state index in [1.807, 2.05) is 18.2 Å². The average molecular weight is 192 g/mol. The summed E-state index contributed by atoms with van der Waals surface area (Å²) in [7, 11) is 0. The van der Waals surface area contributed by atoms with Crippen molar-refractivity contribution >= 4 is 0 Å². The molecule has 1 aromatic carbocycles. The predicted molar refractivity (Wildman–Crippen MR) is 55.1 cm³/mol. The van der Waals surface area contributed by atoms with Gasteiger partial charge in [-0.25, -0.2) is 0 Å². The Balaban J connectivity index is 1.68. The highest BCUT2D eigenvalue weighted by molar-refractivity contribution is 5.14. The zero-order valence-corrected chi connectivity index (χ0v) is 8.23. The summed E-state index contributed by atoms with van der Waals surface area (Å²) in [6.07, 6.45) is 2.72. The third-order valence-corrected chi connectivity index (χ3v) is 2.74. The fraction of sp³-hybridized carbons (Fsp3) is 0.500. The summed E-state index contributed by atoms with van der Waals surface area (Å²) >= 11 is 0. The monoisotopic (exact) mass is 192 g/mol. The molecular formula is C12H16O2. The van der Waals surface area contributed by atoms with Crippen LogP contribution in [0.25, 0.3) is 0 Å². The Morgan fingerprint density at radius 1 is 1.21 bits per heavy atom. The van der Waals surface area contributed by atoms with Gasteiger partial charge in [0, 0.05) is 0 Å². The van der Waals surface area contributed by atoms with Crippen LogP contribution in [0.5, 0.6) is 0 Å². The molecule has 1 fully saturated rings. The van der Waals surface area contributed by atoms with Gasteiger partial charge in [-0.2, -0.15) is 0 Å². The summed E-state index contributed by atoms with van der Waals surface area (Å²) < 4.78 is 5.54. The lowest BCUT2D eigenvalue weighted by Crippen LogP contribution is -2.39. The number of rotatable bonds is 4. The minimum atomic E-state index is -0.217. The Morgan fingerprint density at radius 3 is 2.57 bits per heavy atom. The van der Waals surface area contributed by atoms with E-state index in [4.69, 9.17) is 4.74 Å². The molecule has 2 heteroatoms. The third kappa shape index (κ3) is 2.34. The van der Waals surface area contributed by atoms with E-state index in [0.29, 0.717) is 6.61 Å². The Labute approximate surface area is 84.5 Å². The van der Waals surface area contributed by atoms with Crippen LogP contribution in [0.2, 0.25) is 0 Å². The molecule has 76 valence electrons. The molecule has 0 radical (unpaired) electrons. The van der Waals surface area contributed by atoms with Gasteiger partial charge in [-0.05, 0) is 24.8 Å². The minimum Gasteiger partial charge on any atom is -0.390 e. The van der Waals surface area contributed by atoms with Crippen molar-refractivity contribution < 1.29 is 9.84 Å². The van der Waals surface area contributed by atoms with E-state index in [-0.39, 0.29) is 12.2 Å². The molecule has 1 saturated carbocycles. The fourth-order valence-electron chi connectivity index (χ4n) is 1.62. The maximum atomic E-state index is 9.28. The summed E-state index contributed by atoms with van der Waals surface area (Å²) in [5.41, 5.74) is 1.29. The number of hydrogen-bond acceptors (Lipinski definition) is 2. The summed E-state index contributed by atoms with van der Waals surface area (Å²) in [6, 6.07) is 10.3. The number of hydrogen-bond donors (Lipinski definition) is 1. The van der Waals surface area contributed by atoms with Crippen LogP contribution in [-0.4, -0.2) is 23.9 Å². The zero-order chi connectivity index (χ0) is 9.80. The lowest BCUT2D eigenvalue weighted by Gasteiger charge is -2.32. The predicted octanol–water partition coefficient (Wildman–Crippen LogP) is 1.77. The van der Waals surface area contributed by atoms with Crippen LogP contribution in [0.1, 0.15) is 18.4 Å². The summed E-state index contributed by atoms with van der Waals surface area (Å²) in [4.78, 5) is 0. The molecule has 0 aromatic heterocycles. The minimum absolute atomic E-state index is 0.0960. The van der Waals surface area contributed by atoms with Crippen LogP contribution in [0.15, 0.2) is 30.3 Å². The van der Waals surface area contributed by atoms with E-state index in [1.54, 1.807) is 0 Å². The second kappa shape index (κ2) is 4.58. The topological polar surface area (TPSA) is 29.5 Å². The van der Waals surface area contributed by atoms with Gasteiger partial charge in [0.05, 0.1) is 18.8 Å². The quantitative estimate of drug-likeness (QED) is 0.787. The van der Waals surface area contributed by atoms with Crippen LogP contribution >= 0.6 is 0 Å². The van der Waals surface area contributed by atoms with Crippen molar-refractivity contribution in [2.24, 2.45) is 0 Å². The smallest absolute Gasteiger partial charge is 0.0835 e. The molecular weight excluding hydrogens is 176 g/mol. The van der Waals surface area contributed by atoms with Crippen molar-refractivity contribution in [1.82, 2.24) is 0 Å². The number of aliphatic hydroxyl groups is 1. The van der Waals surface area contributed by atoms with Gasteiger partial charge in [0.25, 0.3) is 0 Å². The van der Waals surface area contributed by atoms with Gasteiger partial charge >= 0.3 is 0 Å². The fourth-order valence-corrected chi connectivity index (χ4v) is 1.62. The molecule has 0 saturated heterocycles. The third-order valence-electron chi connectivity index (χ3n) is 2.74. The van der Waals surface area contributed by atoms with E-state index in [1.165, 1.54) is 5.56 Å². The Kier molecular flexibility index (Phi) is 3.17. The first-order valence-corrected chi connectivity index (χ1v) is 5.20. The van der Waals surface area contributed by atoms with Crippen molar-refractivity contribution in [2.45, 2.75) is 31.5 Å². The van der Waals surface area contributed by atoms with Gasteiger partial charge < -0.3 is 9.84 Å². The van der Waals surface area contributed by atoms with Gasteiger partial charge in [0.15, 0.2) is 0 Å². The van der Waals surface area contributed by atoms with Gasteiger partial charge in [-0.1, -0.05) is 30.3 Å². The summed E-state index contributed by atoms with van der Waals surface area (Å²) in [5, 5.41) is 9.28. The lowest BCUT2D eigenvalue weighted by molar-refractivity contribution is -0.0950. The van der Waals surface area contributed by atoms with Crippen molar-refractivity contribution in [3.05, 3.63) is 35.9 Å². The van der Waals surface area contributed by atoms with Crippen LogP contribution in [-0.2, 0) is 11.2 Å². The largest absolute Gasteiger partial charge is 0.390 e. The molecule has 1 aliphatic rings. The molecule has 0 spiro atoms. The van der Waals surface area contributed by atoms with Gasteiger partial charge in [0.1, 0.15) is 0 Å². The van der Waals surface area contributed by atoms with E-state index in [0.717, 1.165) is 19.3 Å². The molecule has 2 atom stereocenters. The second-order valence-corrected chi connectivity index (χ2v) is 3.79. The molecule has 0 heterocycles. The first kappa shape index (κ1) is 9.69. The molecule has 2 nitrogen and oxygen atoms in total. The maximum Gasteiger partial charge on any atom is 0.0835 e. The highest BCUT2D eigenvalue weighted by Crippen LogP contribution is 2.22. The van der Waals surface area contributed by atoms with Gasteiger partial charge in [0.2, 0.25) is 0 Å². The standard InChI is InChI=1S/C12H16O2/c13-11-6-7-12(11)14-9-8-10-4-2-1-3-5-10/h1-5,11-13H,6-9H2/t11-,12-/m1/s1. The number of benzene rings is 1. The Bertz CT molecular complexity index is 271. The first-order valence-electron chi connectivity index (χ1n) is 5.20. The van der Waals surface area contributed by atoms with Crippen LogP contribution in [0, 0.1) is 0 Å². The molecule has 0 aliphatic heterocycles. The molecule has 2 rings (SSSR count). The Morgan fingerprint density at radius 2 is 2.00 bits per heavy atom. The number of ether oxygens (including phenoxy) is 1. The summed E-state index contributed by atoms with van der Waals surface area (Å²) in [5.74, 6) is 0. The van der Waals surface area contributed by atoms with E-state index in [9.17, 15) is 5.11 Å². The highest BCUT2D eigenvalue weighted by atomic mass is 16.5. The second-order valence-electron chi connectivity index (χ2n) is 3.79. The van der Waals surface area contributed by atoms with E-state index >= 15 is 0 Å². The zero-order valence-electron chi connectivity index (χ0n) is 8.23.